The van der Waals surface area contributed by atoms with Crippen molar-refractivity contribution in [2.75, 3.05) is 20.3 Å². The van der Waals surface area contributed by atoms with Crippen molar-refractivity contribution in [2.45, 2.75) is 38.8 Å². The summed E-state index contributed by atoms with van der Waals surface area (Å²) in [6, 6.07) is 7.31. The van der Waals surface area contributed by atoms with Crippen LogP contribution in [-0.4, -0.2) is 36.9 Å². The fourth-order valence-electron chi connectivity index (χ4n) is 1.93. The van der Waals surface area contributed by atoms with E-state index < -0.39 is 5.54 Å². The topological polar surface area (TPSA) is 67.8 Å². The second-order valence-corrected chi connectivity index (χ2v) is 5.06. The Morgan fingerprint density at radius 3 is 2.52 bits per heavy atom. The van der Waals surface area contributed by atoms with Crippen molar-refractivity contribution in [3.8, 4) is 5.75 Å². The van der Waals surface area contributed by atoms with E-state index in [9.17, 15) is 4.79 Å². The van der Waals surface area contributed by atoms with E-state index in [0.29, 0.717) is 19.6 Å². The maximum absolute atomic E-state index is 11.9. The molecule has 5 nitrogen and oxygen atoms in total. The molecule has 2 N–H and O–H groups in total. The minimum Gasteiger partial charge on any atom is -0.494 e. The monoisotopic (exact) mass is 295 g/mol. The zero-order valence-corrected chi connectivity index (χ0v) is 13.0. The van der Waals surface area contributed by atoms with Crippen LogP contribution in [0.4, 0.5) is 0 Å². The number of aliphatic hydroxyl groups is 1. The fourth-order valence-corrected chi connectivity index (χ4v) is 1.93. The van der Waals surface area contributed by atoms with Crippen LogP contribution in [0.25, 0.3) is 0 Å². The number of likely N-dealkylation sites (N-methyl/N-ethyl adjacent to an activating group) is 1. The summed E-state index contributed by atoms with van der Waals surface area (Å²) in [7, 11) is 1.76. The Labute approximate surface area is 126 Å². The summed E-state index contributed by atoms with van der Waals surface area (Å²) < 4.78 is 10.7. The van der Waals surface area contributed by atoms with Gasteiger partial charge < -0.3 is 19.9 Å². The zero-order valence-electron chi connectivity index (χ0n) is 13.0. The van der Waals surface area contributed by atoms with Crippen LogP contribution in [0.3, 0.4) is 0 Å². The van der Waals surface area contributed by atoms with Crippen molar-refractivity contribution in [3.63, 3.8) is 0 Å². The summed E-state index contributed by atoms with van der Waals surface area (Å²) in [4.78, 5) is 11.9. The number of nitrogens with one attached hydrogen (secondary N) is 1. The van der Waals surface area contributed by atoms with Gasteiger partial charge in [0.2, 0.25) is 0 Å². The number of rotatable bonds is 9. The second-order valence-electron chi connectivity index (χ2n) is 5.06. The van der Waals surface area contributed by atoms with E-state index in [4.69, 9.17) is 14.6 Å². The third-order valence-corrected chi connectivity index (χ3v) is 3.47. The first kappa shape index (κ1) is 17.5. The van der Waals surface area contributed by atoms with E-state index in [-0.39, 0.29) is 12.6 Å². The molecule has 0 aliphatic carbocycles. The van der Waals surface area contributed by atoms with Crippen molar-refractivity contribution in [1.82, 2.24) is 5.32 Å². The summed E-state index contributed by atoms with van der Waals surface area (Å²) in [5, 5.41) is 12.0. The molecule has 0 aliphatic rings. The van der Waals surface area contributed by atoms with Gasteiger partial charge in [-0.05, 0) is 51.4 Å². The molecule has 0 heterocycles. The molecule has 0 bridgehead atoms. The first-order chi connectivity index (χ1) is 10.1. The molecule has 0 radical (unpaired) electrons. The lowest BCUT2D eigenvalue weighted by molar-refractivity contribution is -0.150. The third-order valence-electron chi connectivity index (χ3n) is 3.47. The van der Waals surface area contributed by atoms with Crippen molar-refractivity contribution in [3.05, 3.63) is 29.8 Å². The van der Waals surface area contributed by atoms with E-state index in [0.717, 1.165) is 17.7 Å². The van der Waals surface area contributed by atoms with Crippen molar-refractivity contribution >= 4 is 5.97 Å². The molecule has 1 rings (SSSR count). The predicted octanol–water partition coefficient (Wildman–Crippen LogP) is 1.88. The molecule has 1 atom stereocenters. The quantitative estimate of drug-likeness (QED) is 0.538. The van der Waals surface area contributed by atoms with Crippen LogP contribution in [0.1, 0.15) is 32.3 Å². The maximum Gasteiger partial charge on any atom is 0.326 e. The molecule has 1 aromatic rings. The highest BCUT2D eigenvalue weighted by molar-refractivity contribution is 5.80. The molecule has 0 aromatic heterocycles. The molecule has 0 aliphatic heterocycles. The summed E-state index contributed by atoms with van der Waals surface area (Å²) in [6.07, 6.45) is 1.37. The van der Waals surface area contributed by atoms with Crippen LogP contribution in [0.5, 0.6) is 5.75 Å². The van der Waals surface area contributed by atoms with Gasteiger partial charge >= 0.3 is 5.97 Å². The highest BCUT2D eigenvalue weighted by Gasteiger charge is 2.32. The maximum atomic E-state index is 11.9. The highest BCUT2D eigenvalue weighted by atomic mass is 16.5. The Hall–Kier alpha value is -1.59. The molecule has 0 saturated carbocycles. The number of carbonyl (C=O) groups is 1. The molecule has 0 spiro atoms. The molecule has 0 saturated heterocycles. The van der Waals surface area contributed by atoms with E-state index >= 15 is 0 Å². The Kier molecular flexibility index (Phi) is 7.19. The Morgan fingerprint density at radius 1 is 1.33 bits per heavy atom. The van der Waals surface area contributed by atoms with Crippen LogP contribution in [-0.2, 0) is 16.1 Å². The van der Waals surface area contributed by atoms with Gasteiger partial charge in [-0.1, -0.05) is 12.1 Å². The van der Waals surface area contributed by atoms with Crippen molar-refractivity contribution in [2.24, 2.45) is 0 Å². The lowest BCUT2D eigenvalue weighted by Crippen LogP contribution is -2.48. The molecule has 1 aromatic carbocycles. The lowest BCUT2D eigenvalue weighted by atomic mass is 9.96. The van der Waals surface area contributed by atoms with E-state index in [1.165, 1.54) is 0 Å². The van der Waals surface area contributed by atoms with Gasteiger partial charge in [0.15, 0.2) is 0 Å². The molecular weight excluding hydrogens is 270 g/mol. The second kappa shape index (κ2) is 8.64. The average Bonchev–Trinajstić information content (AvgIpc) is 2.52. The van der Waals surface area contributed by atoms with Crippen LogP contribution in [0.15, 0.2) is 24.3 Å². The number of esters is 1. The third kappa shape index (κ3) is 5.36. The Morgan fingerprint density at radius 2 is 2.00 bits per heavy atom. The highest BCUT2D eigenvalue weighted by Crippen LogP contribution is 2.16. The molecule has 118 valence electrons. The first-order valence-corrected chi connectivity index (χ1v) is 7.24. The van der Waals surface area contributed by atoms with Gasteiger partial charge in [-0.15, -0.1) is 0 Å². The van der Waals surface area contributed by atoms with Crippen molar-refractivity contribution < 1.29 is 19.4 Å². The van der Waals surface area contributed by atoms with Gasteiger partial charge in [-0.3, -0.25) is 4.79 Å². The number of ether oxygens (including phenoxy) is 2. The van der Waals surface area contributed by atoms with Crippen LogP contribution >= 0.6 is 0 Å². The van der Waals surface area contributed by atoms with Gasteiger partial charge in [0.05, 0.1) is 19.8 Å². The normalized spacial score (nSPS) is 13.5. The molecule has 0 fully saturated rings. The Balaban J connectivity index is 2.39. The predicted molar refractivity (Wildman–Crippen MR) is 81.2 cm³/mol. The van der Waals surface area contributed by atoms with Gasteiger partial charge in [-0.25, -0.2) is 0 Å². The smallest absolute Gasteiger partial charge is 0.326 e. The van der Waals surface area contributed by atoms with E-state index in [1.807, 2.05) is 31.2 Å². The fraction of sp³-hybridized carbons (Fsp3) is 0.562. The molecular formula is C16H25NO4. The molecule has 0 amide bonds. The standard InChI is InChI=1S/C16H25NO4/c1-4-20-15(19)16(2,17-3)10-5-11-21-14-8-6-13(12-18)7-9-14/h6-9,17-18H,4-5,10-12H2,1-3H3. The summed E-state index contributed by atoms with van der Waals surface area (Å²) in [6.45, 7) is 4.56. The molecule has 1 unspecified atom stereocenters. The summed E-state index contributed by atoms with van der Waals surface area (Å²) >= 11 is 0. The molecule has 21 heavy (non-hydrogen) atoms. The van der Waals surface area contributed by atoms with Gasteiger partial charge in [0.25, 0.3) is 0 Å². The molecule has 5 heteroatoms. The number of benzene rings is 1. The lowest BCUT2D eigenvalue weighted by Gasteiger charge is -2.26. The summed E-state index contributed by atoms with van der Waals surface area (Å²) in [5.41, 5.74) is 0.174. The average molecular weight is 295 g/mol. The van der Waals surface area contributed by atoms with Gasteiger partial charge in [-0.2, -0.15) is 0 Å². The largest absolute Gasteiger partial charge is 0.494 e. The van der Waals surface area contributed by atoms with Gasteiger partial charge in [0.1, 0.15) is 11.3 Å². The van der Waals surface area contributed by atoms with Crippen LogP contribution in [0, 0.1) is 0 Å². The first-order valence-electron chi connectivity index (χ1n) is 7.24. The van der Waals surface area contributed by atoms with Gasteiger partial charge in [0, 0.05) is 0 Å². The van der Waals surface area contributed by atoms with Crippen LogP contribution < -0.4 is 10.1 Å². The SMILES string of the molecule is CCOC(=O)C(C)(CCCOc1ccc(CO)cc1)NC. The minimum absolute atomic E-state index is 0.0281. The number of aliphatic hydroxyl groups excluding tert-OH is 1. The van der Waals surface area contributed by atoms with E-state index in [1.54, 1.807) is 14.0 Å². The summed E-state index contributed by atoms with van der Waals surface area (Å²) in [5.74, 6) is 0.522. The number of hydrogen-bond donors (Lipinski definition) is 2. The number of carbonyl (C=O) groups excluding carboxylic acids is 1. The number of hydrogen-bond acceptors (Lipinski definition) is 5. The van der Waals surface area contributed by atoms with Crippen molar-refractivity contribution in [1.29, 1.82) is 0 Å². The Bertz CT molecular complexity index is 432. The zero-order chi connectivity index (χ0) is 15.7. The van der Waals surface area contributed by atoms with E-state index in [2.05, 4.69) is 5.32 Å². The minimum atomic E-state index is -0.680. The van der Waals surface area contributed by atoms with Crippen LogP contribution in [0.2, 0.25) is 0 Å².